The Morgan fingerprint density at radius 1 is 1.29 bits per heavy atom. The number of carbonyl (C=O) groups is 3. The molecule has 1 spiro atoms. The molecule has 9 heteroatoms. The van der Waals surface area contributed by atoms with Crippen LogP contribution in [0.2, 0.25) is 0 Å². The van der Waals surface area contributed by atoms with Crippen molar-refractivity contribution in [2.45, 2.75) is 85.2 Å². The molecule has 7 nitrogen and oxygen atoms in total. The number of nitrogens with one attached hydrogen (secondary N) is 1. The van der Waals surface area contributed by atoms with Gasteiger partial charge in [-0.25, -0.2) is 0 Å². The lowest BCUT2D eigenvalue weighted by molar-refractivity contribution is -0.153. The maximum absolute atomic E-state index is 13.6. The first kappa shape index (κ1) is 23.4. The van der Waals surface area contributed by atoms with Gasteiger partial charge in [0.15, 0.2) is 0 Å². The summed E-state index contributed by atoms with van der Waals surface area (Å²) in [4.78, 5) is 41.9. The highest BCUT2D eigenvalue weighted by Gasteiger charge is 2.75. The molecule has 2 N–H and O–H groups in total. The van der Waals surface area contributed by atoms with Crippen molar-refractivity contribution in [2.75, 3.05) is 19.8 Å². The van der Waals surface area contributed by atoms with E-state index in [1.165, 1.54) is 6.42 Å². The van der Waals surface area contributed by atoms with Gasteiger partial charge in [-0.3, -0.25) is 14.4 Å². The topological polar surface area (TPSA) is 95.9 Å². The van der Waals surface area contributed by atoms with Crippen LogP contribution in [0.25, 0.3) is 0 Å². The predicted octanol–water partition coefficient (Wildman–Crippen LogP) is 2.24. The molecule has 1 saturated carbocycles. The average Bonchev–Trinajstić information content (AvgIpc) is 3.33. The Hall–Kier alpha value is -0.800. The molecule has 0 aromatic heterocycles. The third kappa shape index (κ3) is 4.03. The first-order valence-corrected chi connectivity index (χ1v) is 13.4. The zero-order chi connectivity index (χ0) is 22.2. The SMILES string of the molecule is CCOC(=O)[C@H]1[C@H]2C(=O)N(CCCCO)C(C(=O)NC3CCCCC3)C23CC(Br)[C@@H]1S3. The van der Waals surface area contributed by atoms with E-state index in [0.717, 1.165) is 25.7 Å². The number of thioether (sulfide) groups is 1. The number of carbonyl (C=O) groups excluding carboxylic acids is 3. The van der Waals surface area contributed by atoms with Crippen molar-refractivity contribution in [3.63, 3.8) is 0 Å². The number of aliphatic hydroxyl groups is 1. The fourth-order valence-corrected chi connectivity index (χ4v) is 9.70. The Morgan fingerprint density at radius 2 is 2.03 bits per heavy atom. The Bertz CT molecular complexity index is 718. The van der Waals surface area contributed by atoms with Crippen molar-refractivity contribution in [3.05, 3.63) is 0 Å². The van der Waals surface area contributed by atoms with E-state index in [1.807, 2.05) is 0 Å². The van der Waals surface area contributed by atoms with Crippen LogP contribution in [0.3, 0.4) is 0 Å². The average molecular weight is 517 g/mol. The van der Waals surface area contributed by atoms with Gasteiger partial charge in [0.25, 0.3) is 0 Å². The monoisotopic (exact) mass is 516 g/mol. The van der Waals surface area contributed by atoms with Crippen LogP contribution < -0.4 is 5.32 Å². The zero-order valence-corrected chi connectivity index (χ0v) is 20.5. The van der Waals surface area contributed by atoms with Crippen LogP contribution in [0.4, 0.5) is 0 Å². The number of likely N-dealkylation sites (tertiary alicyclic amines) is 1. The summed E-state index contributed by atoms with van der Waals surface area (Å²) in [6, 6.07) is -0.421. The number of amides is 2. The molecule has 0 radical (unpaired) electrons. The summed E-state index contributed by atoms with van der Waals surface area (Å²) in [6.07, 6.45) is 7.31. The predicted molar refractivity (Wildman–Crippen MR) is 122 cm³/mol. The van der Waals surface area contributed by atoms with Gasteiger partial charge >= 0.3 is 5.97 Å². The van der Waals surface area contributed by atoms with E-state index in [0.29, 0.717) is 25.8 Å². The smallest absolute Gasteiger partial charge is 0.310 e. The molecule has 4 rings (SSSR count). The van der Waals surface area contributed by atoms with Crippen LogP contribution in [-0.2, 0) is 19.1 Å². The number of fused-ring (bicyclic) bond motifs is 1. The Balaban J connectivity index is 1.64. The molecule has 4 aliphatic rings. The van der Waals surface area contributed by atoms with Gasteiger partial charge in [0, 0.05) is 29.3 Å². The molecule has 2 bridgehead atoms. The van der Waals surface area contributed by atoms with E-state index in [-0.39, 0.29) is 47.1 Å². The fourth-order valence-electron chi connectivity index (χ4n) is 6.10. The molecule has 3 saturated heterocycles. The standard InChI is InChI=1S/C22H33BrN2O5S/c1-2-30-21(29)15-16-20(28)25(10-6-7-11-26)18(22(16)12-14(23)17(15)31-22)19(27)24-13-8-4-3-5-9-13/h13-18,26H,2-12H2,1H3,(H,24,27)/t14?,15-,16-,17-,18?,22?/m0/s1. The van der Waals surface area contributed by atoms with Gasteiger partial charge in [0.1, 0.15) is 6.04 Å². The lowest BCUT2D eigenvalue weighted by Crippen LogP contribution is -2.56. The molecular weight excluding hydrogens is 484 g/mol. The highest BCUT2D eigenvalue weighted by atomic mass is 79.9. The van der Waals surface area contributed by atoms with Gasteiger partial charge in [0.2, 0.25) is 11.8 Å². The number of hydrogen-bond donors (Lipinski definition) is 2. The van der Waals surface area contributed by atoms with Gasteiger partial charge < -0.3 is 20.1 Å². The van der Waals surface area contributed by atoms with Crippen molar-refractivity contribution >= 4 is 45.5 Å². The Labute approximate surface area is 196 Å². The van der Waals surface area contributed by atoms with E-state index in [1.54, 1.807) is 23.6 Å². The minimum absolute atomic E-state index is 0.0568. The minimum Gasteiger partial charge on any atom is -0.466 e. The summed E-state index contributed by atoms with van der Waals surface area (Å²) in [5.41, 5.74) is 0. The van der Waals surface area contributed by atoms with Gasteiger partial charge in [-0.15, -0.1) is 11.8 Å². The van der Waals surface area contributed by atoms with Crippen LogP contribution in [0.5, 0.6) is 0 Å². The van der Waals surface area contributed by atoms with Crippen molar-refractivity contribution < 1.29 is 24.2 Å². The lowest BCUT2D eigenvalue weighted by atomic mass is 9.71. The third-order valence-electron chi connectivity index (χ3n) is 7.35. The second-order valence-electron chi connectivity index (χ2n) is 9.22. The Kier molecular flexibility index (Phi) is 7.23. The van der Waals surface area contributed by atoms with Crippen LogP contribution in [-0.4, -0.2) is 74.5 Å². The van der Waals surface area contributed by atoms with Gasteiger partial charge in [0.05, 0.1) is 23.2 Å². The molecule has 6 atom stereocenters. The molecule has 0 aromatic carbocycles. The van der Waals surface area contributed by atoms with E-state index in [2.05, 4.69) is 21.2 Å². The van der Waals surface area contributed by atoms with Crippen molar-refractivity contribution in [1.29, 1.82) is 0 Å². The summed E-state index contributed by atoms with van der Waals surface area (Å²) in [7, 11) is 0. The molecule has 31 heavy (non-hydrogen) atoms. The highest BCUT2D eigenvalue weighted by molar-refractivity contribution is 9.09. The number of unbranched alkanes of at least 4 members (excludes halogenated alkanes) is 1. The first-order valence-electron chi connectivity index (χ1n) is 11.6. The second-order valence-corrected chi connectivity index (χ2v) is 11.9. The first-order chi connectivity index (χ1) is 14.9. The molecule has 0 aromatic rings. The number of ether oxygens (including phenoxy) is 1. The molecule has 174 valence electrons. The van der Waals surface area contributed by atoms with E-state index >= 15 is 0 Å². The van der Waals surface area contributed by atoms with Crippen molar-refractivity contribution in [1.82, 2.24) is 10.2 Å². The lowest BCUT2D eigenvalue weighted by Gasteiger charge is -2.36. The number of esters is 1. The number of halogens is 1. The summed E-state index contributed by atoms with van der Waals surface area (Å²) >= 11 is 5.39. The largest absolute Gasteiger partial charge is 0.466 e. The quantitative estimate of drug-likeness (QED) is 0.291. The number of hydrogen-bond acceptors (Lipinski definition) is 6. The summed E-state index contributed by atoms with van der Waals surface area (Å²) < 4.78 is 4.75. The van der Waals surface area contributed by atoms with E-state index in [4.69, 9.17) is 4.74 Å². The number of nitrogens with zero attached hydrogens (tertiary/aromatic N) is 1. The van der Waals surface area contributed by atoms with Crippen LogP contribution >= 0.6 is 27.7 Å². The molecule has 1 aliphatic carbocycles. The summed E-state index contributed by atoms with van der Waals surface area (Å²) in [5, 5.41) is 12.4. The normalized spacial score (nSPS) is 37.2. The molecule has 3 aliphatic heterocycles. The molecule has 2 amide bonds. The second kappa shape index (κ2) is 9.59. The summed E-state index contributed by atoms with van der Waals surface area (Å²) in [5.74, 6) is -1.55. The van der Waals surface area contributed by atoms with Gasteiger partial charge in [-0.2, -0.15) is 0 Å². The highest BCUT2D eigenvalue weighted by Crippen LogP contribution is 2.67. The van der Waals surface area contributed by atoms with Gasteiger partial charge in [-0.05, 0) is 39.0 Å². The number of aliphatic hydroxyl groups excluding tert-OH is 1. The maximum Gasteiger partial charge on any atom is 0.310 e. The number of rotatable bonds is 8. The fraction of sp³-hybridized carbons (Fsp3) is 0.864. The molecule has 3 unspecified atom stereocenters. The van der Waals surface area contributed by atoms with Crippen LogP contribution in [0, 0.1) is 11.8 Å². The summed E-state index contributed by atoms with van der Waals surface area (Å²) in [6.45, 7) is 2.53. The van der Waals surface area contributed by atoms with E-state index in [9.17, 15) is 19.5 Å². The van der Waals surface area contributed by atoms with Crippen LogP contribution in [0.1, 0.15) is 58.3 Å². The molecule has 4 fully saturated rings. The van der Waals surface area contributed by atoms with Gasteiger partial charge in [-0.1, -0.05) is 35.2 Å². The van der Waals surface area contributed by atoms with Crippen molar-refractivity contribution in [3.8, 4) is 0 Å². The Morgan fingerprint density at radius 3 is 2.71 bits per heavy atom. The maximum atomic E-state index is 13.6. The minimum atomic E-state index is -0.606. The third-order valence-corrected chi connectivity index (χ3v) is 10.6. The molecular formula is C22H33BrN2O5S. The van der Waals surface area contributed by atoms with E-state index < -0.39 is 22.6 Å². The molecule has 3 heterocycles. The zero-order valence-electron chi connectivity index (χ0n) is 18.1. The van der Waals surface area contributed by atoms with Crippen LogP contribution in [0.15, 0.2) is 0 Å². The van der Waals surface area contributed by atoms with Crippen molar-refractivity contribution in [2.24, 2.45) is 11.8 Å². The number of alkyl halides is 1.